The average Bonchev–Trinajstić information content (AvgIpc) is 2.98. The maximum Gasteiger partial charge on any atom is 0.245 e. The molecule has 0 saturated carbocycles. The Morgan fingerprint density at radius 1 is 1.30 bits per heavy atom. The number of hydrogen-bond donors (Lipinski definition) is 3. The van der Waals surface area contributed by atoms with Crippen molar-refractivity contribution in [1.82, 2.24) is 20.5 Å². The van der Waals surface area contributed by atoms with E-state index in [0.717, 1.165) is 26.2 Å². The monoisotopic (exact) mass is 275 g/mol. The lowest BCUT2D eigenvalue weighted by Crippen LogP contribution is -2.44. The number of ether oxygens (including phenoxy) is 1. The first-order valence-corrected chi connectivity index (χ1v) is 6.53. The summed E-state index contributed by atoms with van der Waals surface area (Å²) >= 11 is 0. The molecule has 0 bridgehead atoms. The van der Waals surface area contributed by atoms with Crippen LogP contribution in [0.1, 0.15) is 0 Å². The van der Waals surface area contributed by atoms with Gasteiger partial charge in [0.2, 0.25) is 5.95 Å². The van der Waals surface area contributed by atoms with Gasteiger partial charge in [-0.25, -0.2) is 0 Å². The number of aromatic amines is 1. The lowest BCUT2D eigenvalue weighted by atomic mass is 10.2. The maximum absolute atomic E-state index is 9.94. The minimum Gasteiger partial charge on any atom is -0.507 e. The van der Waals surface area contributed by atoms with Crippen LogP contribution in [0.4, 0.5) is 5.95 Å². The Balaban J connectivity index is 1.89. The Labute approximate surface area is 116 Å². The van der Waals surface area contributed by atoms with Gasteiger partial charge in [-0.1, -0.05) is 0 Å². The number of H-pyrrole nitrogens is 1. The molecule has 0 atom stereocenters. The molecule has 1 aliphatic rings. The Hall–Kier alpha value is -2.28. The van der Waals surface area contributed by atoms with Gasteiger partial charge in [0, 0.05) is 26.2 Å². The zero-order valence-electron chi connectivity index (χ0n) is 11.3. The highest BCUT2D eigenvalue weighted by atomic mass is 16.5. The first-order chi connectivity index (χ1) is 9.78. The maximum atomic E-state index is 9.94. The van der Waals surface area contributed by atoms with Crippen molar-refractivity contribution >= 4 is 5.95 Å². The number of anilines is 1. The summed E-state index contributed by atoms with van der Waals surface area (Å²) in [6.07, 6.45) is 0. The molecule has 2 aromatic rings. The summed E-state index contributed by atoms with van der Waals surface area (Å²) in [5, 5.41) is 20.3. The third kappa shape index (κ3) is 2.39. The van der Waals surface area contributed by atoms with E-state index in [4.69, 9.17) is 4.74 Å². The second kappa shape index (κ2) is 5.38. The van der Waals surface area contributed by atoms with Crippen LogP contribution in [0.5, 0.6) is 11.5 Å². The largest absolute Gasteiger partial charge is 0.507 e. The quantitative estimate of drug-likeness (QED) is 0.760. The minimum atomic E-state index is 0.147. The van der Waals surface area contributed by atoms with Gasteiger partial charge in [0.25, 0.3) is 0 Å². The van der Waals surface area contributed by atoms with Crippen LogP contribution in [-0.2, 0) is 0 Å². The van der Waals surface area contributed by atoms with Crippen LogP contribution in [0.2, 0.25) is 0 Å². The van der Waals surface area contributed by atoms with Crippen LogP contribution in [0, 0.1) is 0 Å². The van der Waals surface area contributed by atoms with Crippen molar-refractivity contribution in [2.24, 2.45) is 0 Å². The lowest BCUT2D eigenvalue weighted by molar-refractivity contribution is 0.412. The van der Waals surface area contributed by atoms with Crippen molar-refractivity contribution in [3.63, 3.8) is 0 Å². The topological polar surface area (TPSA) is 86.3 Å². The zero-order valence-corrected chi connectivity index (χ0v) is 11.3. The van der Waals surface area contributed by atoms with E-state index >= 15 is 0 Å². The van der Waals surface area contributed by atoms with Crippen LogP contribution in [0.15, 0.2) is 18.2 Å². The molecule has 0 amide bonds. The summed E-state index contributed by atoms with van der Waals surface area (Å²) < 4.78 is 5.16. The smallest absolute Gasteiger partial charge is 0.245 e. The van der Waals surface area contributed by atoms with Gasteiger partial charge in [-0.2, -0.15) is 4.98 Å². The number of nitrogens with zero attached hydrogens (tertiary/aromatic N) is 3. The Morgan fingerprint density at radius 3 is 2.85 bits per heavy atom. The fourth-order valence-corrected chi connectivity index (χ4v) is 2.21. The van der Waals surface area contributed by atoms with Crippen LogP contribution >= 0.6 is 0 Å². The molecular weight excluding hydrogens is 258 g/mol. The predicted molar refractivity (Wildman–Crippen MR) is 75.1 cm³/mol. The summed E-state index contributed by atoms with van der Waals surface area (Å²) in [5.74, 6) is 2.00. The molecule has 0 unspecified atom stereocenters. The molecule has 7 nitrogen and oxygen atoms in total. The highest BCUT2D eigenvalue weighted by Gasteiger charge is 2.17. The van der Waals surface area contributed by atoms with E-state index in [-0.39, 0.29) is 5.75 Å². The second-order valence-electron chi connectivity index (χ2n) is 4.60. The molecule has 20 heavy (non-hydrogen) atoms. The highest BCUT2D eigenvalue weighted by molar-refractivity contribution is 5.66. The van der Waals surface area contributed by atoms with Gasteiger partial charge in [0.1, 0.15) is 11.5 Å². The number of methoxy groups -OCH3 is 1. The van der Waals surface area contributed by atoms with E-state index < -0.39 is 0 Å². The van der Waals surface area contributed by atoms with E-state index in [1.165, 1.54) is 0 Å². The van der Waals surface area contributed by atoms with Crippen LogP contribution in [0.3, 0.4) is 0 Å². The second-order valence-corrected chi connectivity index (χ2v) is 4.60. The fraction of sp³-hybridized carbons (Fsp3) is 0.385. The molecule has 3 N–H and O–H groups in total. The van der Waals surface area contributed by atoms with Crippen molar-refractivity contribution in [2.45, 2.75) is 0 Å². The van der Waals surface area contributed by atoms with Gasteiger partial charge < -0.3 is 20.1 Å². The Bertz CT molecular complexity index is 592. The molecule has 1 saturated heterocycles. The number of benzene rings is 1. The van der Waals surface area contributed by atoms with Crippen molar-refractivity contribution in [3.8, 4) is 22.9 Å². The molecule has 1 fully saturated rings. The minimum absolute atomic E-state index is 0.147. The van der Waals surface area contributed by atoms with Crippen LogP contribution < -0.4 is 15.0 Å². The average molecular weight is 275 g/mol. The molecule has 2 heterocycles. The molecular formula is C13H17N5O2. The molecule has 106 valence electrons. The first kappa shape index (κ1) is 12.7. The molecule has 7 heteroatoms. The molecule has 1 aromatic carbocycles. The third-order valence-corrected chi connectivity index (χ3v) is 3.33. The Morgan fingerprint density at radius 2 is 2.10 bits per heavy atom. The number of phenols is 1. The predicted octanol–water partition coefficient (Wildman–Crippen LogP) is 0.595. The van der Waals surface area contributed by atoms with E-state index in [1.807, 2.05) is 0 Å². The van der Waals surface area contributed by atoms with E-state index in [1.54, 1.807) is 25.3 Å². The summed E-state index contributed by atoms with van der Waals surface area (Å²) in [6, 6.07) is 5.02. The molecule has 0 radical (unpaired) electrons. The summed E-state index contributed by atoms with van der Waals surface area (Å²) in [4.78, 5) is 6.56. The molecule has 0 spiro atoms. The van der Waals surface area contributed by atoms with Crippen molar-refractivity contribution in [3.05, 3.63) is 18.2 Å². The fourth-order valence-electron chi connectivity index (χ4n) is 2.21. The number of piperazine rings is 1. The summed E-state index contributed by atoms with van der Waals surface area (Å²) in [6.45, 7) is 3.60. The third-order valence-electron chi connectivity index (χ3n) is 3.33. The SMILES string of the molecule is COc1ccc(O)c(-c2nc(N3CCNCC3)n[nH]2)c1. The number of nitrogens with one attached hydrogen (secondary N) is 2. The first-order valence-electron chi connectivity index (χ1n) is 6.53. The van der Waals surface area contributed by atoms with E-state index in [9.17, 15) is 5.11 Å². The molecule has 1 aliphatic heterocycles. The number of hydrogen-bond acceptors (Lipinski definition) is 6. The van der Waals surface area contributed by atoms with Crippen molar-refractivity contribution in [2.75, 3.05) is 38.2 Å². The van der Waals surface area contributed by atoms with Crippen molar-refractivity contribution < 1.29 is 9.84 Å². The molecule has 1 aromatic heterocycles. The van der Waals surface area contributed by atoms with Gasteiger partial charge in [-0.15, -0.1) is 5.10 Å². The molecule has 0 aliphatic carbocycles. The van der Waals surface area contributed by atoms with Crippen LogP contribution in [-0.4, -0.2) is 53.6 Å². The van der Waals surface area contributed by atoms with Crippen molar-refractivity contribution in [1.29, 1.82) is 0 Å². The van der Waals surface area contributed by atoms with Crippen LogP contribution in [0.25, 0.3) is 11.4 Å². The lowest BCUT2D eigenvalue weighted by Gasteiger charge is -2.25. The standard InChI is InChI=1S/C13H17N5O2/c1-20-9-2-3-11(19)10(8-9)12-15-13(17-16-12)18-6-4-14-5-7-18/h2-3,8,14,19H,4-7H2,1H3,(H,15,16,17). The van der Waals surface area contributed by atoms with Gasteiger partial charge >= 0.3 is 0 Å². The summed E-state index contributed by atoms with van der Waals surface area (Å²) in [5.41, 5.74) is 0.582. The van der Waals surface area contributed by atoms with Gasteiger partial charge in [0.05, 0.1) is 12.7 Å². The van der Waals surface area contributed by atoms with Gasteiger partial charge in [-0.3, -0.25) is 5.10 Å². The number of aromatic hydroxyl groups is 1. The normalized spacial score (nSPS) is 15.3. The summed E-state index contributed by atoms with van der Waals surface area (Å²) in [7, 11) is 1.59. The number of phenolic OH excluding ortho intramolecular Hbond substituents is 1. The number of rotatable bonds is 3. The Kier molecular flexibility index (Phi) is 3.42. The number of aromatic nitrogens is 3. The highest BCUT2D eigenvalue weighted by Crippen LogP contribution is 2.31. The zero-order chi connectivity index (χ0) is 13.9. The van der Waals surface area contributed by atoms with Gasteiger partial charge in [0.15, 0.2) is 5.82 Å². The van der Waals surface area contributed by atoms with E-state index in [0.29, 0.717) is 23.1 Å². The van der Waals surface area contributed by atoms with E-state index in [2.05, 4.69) is 25.4 Å². The van der Waals surface area contributed by atoms with Gasteiger partial charge in [-0.05, 0) is 18.2 Å². The molecule has 3 rings (SSSR count).